The molecule has 5 heteroatoms. The molecule has 1 rings (SSSR count). The van der Waals surface area contributed by atoms with Crippen LogP contribution in [0.15, 0.2) is 17.6 Å². The van der Waals surface area contributed by atoms with E-state index in [-0.39, 0.29) is 12.1 Å². The minimum atomic E-state index is -0.239. The molecule has 0 radical (unpaired) electrons. The van der Waals surface area contributed by atoms with Crippen LogP contribution < -0.4 is 5.32 Å². The van der Waals surface area contributed by atoms with Gasteiger partial charge < -0.3 is 10.4 Å². The number of hydrogen-bond donors (Lipinski definition) is 2. The van der Waals surface area contributed by atoms with Crippen molar-refractivity contribution in [3.8, 4) is 0 Å². The summed E-state index contributed by atoms with van der Waals surface area (Å²) in [6.07, 6.45) is 4.51. The maximum atomic E-state index is 9.33. The van der Waals surface area contributed by atoms with Gasteiger partial charge in [0.25, 0.3) is 0 Å². The number of aromatic nitrogens is 2. The lowest BCUT2D eigenvalue weighted by molar-refractivity contribution is 0.174. The quantitative estimate of drug-likeness (QED) is 0.597. The third-order valence-corrected chi connectivity index (χ3v) is 3.75. The number of aryl methyl sites for hydroxylation is 1. The Balaban J connectivity index is 2.54. The number of nitrogens with one attached hydrogen (secondary N) is 1. The molecule has 0 aliphatic heterocycles. The van der Waals surface area contributed by atoms with Crippen LogP contribution in [0, 0.1) is 6.92 Å². The monoisotopic (exact) mass is 255 g/mol. The molecular formula is C12H21N3OS. The van der Waals surface area contributed by atoms with Gasteiger partial charge in [0.05, 0.1) is 6.61 Å². The lowest BCUT2D eigenvalue weighted by Gasteiger charge is -2.29. The highest BCUT2D eigenvalue weighted by atomic mass is 32.2. The fourth-order valence-electron chi connectivity index (χ4n) is 1.54. The molecule has 1 aromatic rings. The second-order valence-electron chi connectivity index (χ2n) is 4.64. The molecule has 0 saturated carbocycles. The first-order chi connectivity index (χ1) is 7.99. The van der Waals surface area contributed by atoms with Gasteiger partial charge in [0.15, 0.2) is 5.16 Å². The zero-order chi connectivity index (χ0) is 12.9. The van der Waals surface area contributed by atoms with Crippen LogP contribution in [-0.4, -0.2) is 39.5 Å². The van der Waals surface area contributed by atoms with E-state index in [1.807, 2.05) is 33.3 Å². The van der Waals surface area contributed by atoms with Gasteiger partial charge in [-0.3, -0.25) is 0 Å². The van der Waals surface area contributed by atoms with Gasteiger partial charge in [0, 0.05) is 23.2 Å². The van der Waals surface area contributed by atoms with Gasteiger partial charge in [-0.15, -0.1) is 0 Å². The largest absolute Gasteiger partial charge is 0.394 e. The normalized spacial score (nSPS) is 16.5. The Hall–Kier alpha value is -0.650. The van der Waals surface area contributed by atoms with Crippen molar-refractivity contribution in [3.05, 3.63) is 18.0 Å². The summed E-state index contributed by atoms with van der Waals surface area (Å²) in [5, 5.41) is 13.6. The first-order valence-electron chi connectivity index (χ1n) is 5.74. The van der Waals surface area contributed by atoms with E-state index < -0.39 is 0 Å². The van der Waals surface area contributed by atoms with Gasteiger partial charge in [-0.05, 0) is 32.9 Å². The molecule has 4 nitrogen and oxygen atoms in total. The SMILES string of the molecule is CNC(C)(CO)CC(C)Sc1ncc(C)cn1. The standard InChI is InChI=1S/C12H21N3OS/c1-9-6-14-11(15-7-9)17-10(2)5-12(3,8-16)13-4/h6-7,10,13,16H,5,8H2,1-4H3. The number of aliphatic hydroxyl groups excluding tert-OH is 1. The Bertz CT molecular complexity index is 338. The molecule has 0 spiro atoms. The van der Waals surface area contributed by atoms with Gasteiger partial charge in [0.1, 0.15) is 0 Å². The number of nitrogens with zero attached hydrogens (tertiary/aromatic N) is 2. The first kappa shape index (κ1) is 14.4. The summed E-state index contributed by atoms with van der Waals surface area (Å²) < 4.78 is 0. The maximum Gasteiger partial charge on any atom is 0.187 e. The van der Waals surface area contributed by atoms with Crippen molar-refractivity contribution in [1.29, 1.82) is 0 Å². The predicted molar refractivity (Wildman–Crippen MR) is 71.3 cm³/mol. The Labute approximate surface area is 107 Å². The summed E-state index contributed by atoms with van der Waals surface area (Å²) in [7, 11) is 1.87. The minimum Gasteiger partial charge on any atom is -0.394 e. The van der Waals surface area contributed by atoms with Crippen molar-refractivity contribution in [2.24, 2.45) is 0 Å². The molecule has 0 aliphatic rings. The predicted octanol–water partition coefficient (Wildman–Crippen LogP) is 1.63. The van der Waals surface area contributed by atoms with Crippen LogP contribution in [0.2, 0.25) is 0 Å². The lowest BCUT2D eigenvalue weighted by atomic mass is 9.98. The van der Waals surface area contributed by atoms with Gasteiger partial charge in [-0.1, -0.05) is 18.7 Å². The van der Waals surface area contributed by atoms with Crippen molar-refractivity contribution < 1.29 is 5.11 Å². The molecule has 2 atom stereocenters. The Kier molecular flexibility index (Phi) is 5.36. The summed E-state index contributed by atoms with van der Waals surface area (Å²) >= 11 is 1.64. The molecule has 0 fully saturated rings. The molecule has 0 amide bonds. The number of rotatable bonds is 6. The molecule has 96 valence electrons. The van der Waals surface area contributed by atoms with Crippen molar-refractivity contribution >= 4 is 11.8 Å². The molecular weight excluding hydrogens is 234 g/mol. The van der Waals surface area contributed by atoms with Crippen LogP contribution in [0.25, 0.3) is 0 Å². The minimum absolute atomic E-state index is 0.128. The van der Waals surface area contributed by atoms with Gasteiger partial charge in [-0.2, -0.15) is 0 Å². The maximum absolute atomic E-state index is 9.33. The first-order valence-corrected chi connectivity index (χ1v) is 6.62. The van der Waals surface area contributed by atoms with E-state index in [2.05, 4.69) is 22.2 Å². The second-order valence-corrected chi connectivity index (χ2v) is 6.05. The third kappa shape index (κ3) is 4.61. The molecule has 0 saturated heterocycles. The fourth-order valence-corrected chi connectivity index (χ4v) is 2.58. The highest BCUT2D eigenvalue weighted by molar-refractivity contribution is 7.99. The molecule has 0 aromatic carbocycles. The van der Waals surface area contributed by atoms with Crippen LogP contribution in [-0.2, 0) is 0 Å². The second kappa shape index (κ2) is 6.33. The smallest absolute Gasteiger partial charge is 0.187 e. The zero-order valence-electron chi connectivity index (χ0n) is 10.9. The van der Waals surface area contributed by atoms with Crippen LogP contribution in [0.4, 0.5) is 0 Å². The van der Waals surface area contributed by atoms with E-state index >= 15 is 0 Å². The van der Waals surface area contributed by atoms with Crippen molar-refractivity contribution in [2.45, 2.75) is 43.1 Å². The Morgan fingerprint density at radius 1 is 1.47 bits per heavy atom. The topological polar surface area (TPSA) is 58.0 Å². The number of hydrogen-bond acceptors (Lipinski definition) is 5. The van der Waals surface area contributed by atoms with Crippen LogP contribution in [0.3, 0.4) is 0 Å². The molecule has 0 aliphatic carbocycles. The van der Waals surface area contributed by atoms with Gasteiger partial charge >= 0.3 is 0 Å². The van der Waals surface area contributed by atoms with Gasteiger partial charge in [0.2, 0.25) is 0 Å². The number of likely N-dealkylation sites (N-methyl/N-ethyl adjacent to an activating group) is 1. The van der Waals surface area contributed by atoms with Crippen molar-refractivity contribution in [1.82, 2.24) is 15.3 Å². The molecule has 1 heterocycles. The van der Waals surface area contributed by atoms with E-state index in [9.17, 15) is 5.11 Å². The van der Waals surface area contributed by atoms with Crippen LogP contribution in [0.1, 0.15) is 25.8 Å². The molecule has 2 N–H and O–H groups in total. The van der Waals surface area contributed by atoms with Crippen molar-refractivity contribution in [2.75, 3.05) is 13.7 Å². The Morgan fingerprint density at radius 2 is 2.06 bits per heavy atom. The number of thioether (sulfide) groups is 1. The van der Waals surface area contributed by atoms with Crippen LogP contribution in [0.5, 0.6) is 0 Å². The average molecular weight is 255 g/mol. The van der Waals surface area contributed by atoms with E-state index in [0.717, 1.165) is 17.1 Å². The summed E-state index contributed by atoms with van der Waals surface area (Å²) in [6, 6.07) is 0. The fraction of sp³-hybridized carbons (Fsp3) is 0.667. The summed E-state index contributed by atoms with van der Waals surface area (Å²) in [6.45, 7) is 6.24. The molecule has 17 heavy (non-hydrogen) atoms. The van der Waals surface area contributed by atoms with E-state index in [0.29, 0.717) is 5.25 Å². The number of aliphatic hydroxyl groups is 1. The lowest BCUT2D eigenvalue weighted by Crippen LogP contribution is -2.45. The molecule has 2 unspecified atom stereocenters. The molecule has 1 aromatic heterocycles. The summed E-state index contributed by atoms with van der Waals surface area (Å²) in [5.74, 6) is 0. The highest BCUT2D eigenvalue weighted by Gasteiger charge is 2.24. The van der Waals surface area contributed by atoms with E-state index in [1.54, 1.807) is 11.8 Å². The van der Waals surface area contributed by atoms with Crippen molar-refractivity contribution in [3.63, 3.8) is 0 Å². The average Bonchev–Trinajstić information content (AvgIpc) is 2.32. The molecule has 0 bridgehead atoms. The zero-order valence-corrected chi connectivity index (χ0v) is 11.7. The summed E-state index contributed by atoms with van der Waals surface area (Å²) in [5.41, 5.74) is 0.828. The third-order valence-electron chi connectivity index (χ3n) is 2.75. The Morgan fingerprint density at radius 3 is 2.53 bits per heavy atom. The van der Waals surface area contributed by atoms with Gasteiger partial charge in [-0.25, -0.2) is 9.97 Å². The highest BCUT2D eigenvalue weighted by Crippen LogP contribution is 2.25. The van der Waals surface area contributed by atoms with E-state index in [4.69, 9.17) is 0 Å². The van der Waals surface area contributed by atoms with E-state index in [1.165, 1.54) is 0 Å². The summed E-state index contributed by atoms with van der Waals surface area (Å²) in [4.78, 5) is 8.54. The van der Waals surface area contributed by atoms with Crippen LogP contribution >= 0.6 is 11.8 Å².